The van der Waals surface area contributed by atoms with Crippen LogP contribution >= 0.6 is 0 Å². The molecule has 0 fully saturated rings. The van der Waals surface area contributed by atoms with Crippen LogP contribution in [-0.4, -0.2) is 16.7 Å². The quantitative estimate of drug-likeness (QED) is 0.411. The summed E-state index contributed by atoms with van der Waals surface area (Å²) in [6, 6.07) is 10.2. The lowest BCUT2D eigenvalue weighted by Gasteiger charge is -2.20. The molecule has 0 saturated heterocycles. The zero-order valence-corrected chi connectivity index (χ0v) is 9.77. The molecule has 0 spiro atoms. The van der Waals surface area contributed by atoms with Crippen LogP contribution in [-0.2, 0) is 6.42 Å². The topological polar surface area (TPSA) is 70.6 Å². The van der Waals surface area contributed by atoms with Crippen molar-refractivity contribution in [2.75, 3.05) is 0 Å². The maximum Gasteiger partial charge on any atom is 0.213 e. The fourth-order valence-corrected chi connectivity index (χ4v) is 1.50. The average Bonchev–Trinajstić information content (AvgIpc) is 2.27. The van der Waals surface area contributed by atoms with E-state index in [2.05, 4.69) is 17.1 Å². The van der Waals surface area contributed by atoms with Crippen LogP contribution in [0.25, 0.3) is 0 Å². The number of guanidine groups is 1. The molecule has 4 nitrogen and oxygen atoms in total. The number of hydrogen-bond acceptors (Lipinski definition) is 2. The lowest BCUT2D eigenvalue weighted by molar-refractivity contribution is 0.230. The predicted octanol–water partition coefficient (Wildman–Crippen LogP) is 1.69. The summed E-state index contributed by atoms with van der Waals surface area (Å²) < 4.78 is 0. The first kappa shape index (κ1) is 12.5. The summed E-state index contributed by atoms with van der Waals surface area (Å²) in [7, 11) is 0. The number of nitrogens with zero attached hydrogens (tertiary/aromatic N) is 1. The van der Waals surface area contributed by atoms with Crippen molar-refractivity contribution < 1.29 is 5.21 Å². The van der Waals surface area contributed by atoms with Crippen molar-refractivity contribution in [3.8, 4) is 0 Å². The Bertz CT molecular complexity index is 347. The van der Waals surface area contributed by atoms with Gasteiger partial charge in [0.15, 0.2) is 0 Å². The summed E-state index contributed by atoms with van der Waals surface area (Å²) >= 11 is 0. The van der Waals surface area contributed by atoms with Crippen LogP contribution in [0.4, 0.5) is 0 Å². The molecule has 0 radical (unpaired) electrons. The van der Waals surface area contributed by atoms with Crippen molar-refractivity contribution in [3.63, 3.8) is 0 Å². The molecule has 0 bridgehead atoms. The summed E-state index contributed by atoms with van der Waals surface area (Å²) in [5.74, 6) is 0.0538. The van der Waals surface area contributed by atoms with Gasteiger partial charge in [-0.3, -0.25) is 5.21 Å². The molecule has 1 rings (SSSR count). The van der Waals surface area contributed by atoms with E-state index in [1.807, 2.05) is 37.5 Å². The van der Waals surface area contributed by atoms with Crippen molar-refractivity contribution >= 4 is 5.96 Å². The first-order valence-electron chi connectivity index (χ1n) is 5.33. The van der Waals surface area contributed by atoms with Gasteiger partial charge in [0.05, 0.1) is 5.54 Å². The second kappa shape index (κ2) is 5.51. The van der Waals surface area contributed by atoms with Crippen LogP contribution in [0.3, 0.4) is 0 Å². The highest BCUT2D eigenvalue weighted by molar-refractivity contribution is 5.76. The Labute approximate surface area is 96.2 Å². The number of nitrogens with one attached hydrogen (secondary N) is 1. The van der Waals surface area contributed by atoms with Gasteiger partial charge in [0.25, 0.3) is 0 Å². The smallest absolute Gasteiger partial charge is 0.213 e. The van der Waals surface area contributed by atoms with Crippen LogP contribution in [0, 0.1) is 0 Å². The monoisotopic (exact) mass is 221 g/mol. The van der Waals surface area contributed by atoms with Gasteiger partial charge in [0, 0.05) is 0 Å². The average molecular weight is 221 g/mol. The molecule has 0 aliphatic rings. The number of hydroxylamine groups is 1. The number of nitrogens with two attached hydrogens (primary N) is 1. The molecular weight excluding hydrogens is 202 g/mol. The van der Waals surface area contributed by atoms with E-state index in [1.165, 1.54) is 5.56 Å². The lowest BCUT2D eigenvalue weighted by atomic mass is 9.96. The first-order valence-corrected chi connectivity index (χ1v) is 5.33. The van der Waals surface area contributed by atoms with Crippen LogP contribution in [0.5, 0.6) is 0 Å². The van der Waals surface area contributed by atoms with Crippen LogP contribution in [0.15, 0.2) is 35.3 Å². The highest BCUT2D eigenvalue weighted by Gasteiger charge is 2.16. The van der Waals surface area contributed by atoms with E-state index in [9.17, 15) is 0 Å². The highest BCUT2D eigenvalue weighted by atomic mass is 16.5. The zero-order valence-electron chi connectivity index (χ0n) is 9.77. The molecule has 0 heterocycles. The van der Waals surface area contributed by atoms with Gasteiger partial charge in [-0.05, 0) is 32.3 Å². The molecule has 0 atom stereocenters. The molecule has 88 valence electrons. The van der Waals surface area contributed by atoms with Crippen molar-refractivity contribution in [1.82, 2.24) is 5.48 Å². The molecule has 0 saturated carbocycles. The zero-order chi connectivity index (χ0) is 12.0. The van der Waals surface area contributed by atoms with E-state index in [4.69, 9.17) is 10.9 Å². The van der Waals surface area contributed by atoms with Gasteiger partial charge in [0.1, 0.15) is 0 Å². The molecule has 0 amide bonds. The molecule has 1 aromatic carbocycles. The van der Waals surface area contributed by atoms with Crippen molar-refractivity contribution in [2.24, 2.45) is 10.7 Å². The molecule has 1 aromatic rings. The Morgan fingerprint density at radius 2 is 2.00 bits per heavy atom. The van der Waals surface area contributed by atoms with Crippen LogP contribution in [0.2, 0.25) is 0 Å². The maximum atomic E-state index is 8.58. The number of aryl methyl sites for hydroxylation is 1. The van der Waals surface area contributed by atoms with Gasteiger partial charge >= 0.3 is 0 Å². The van der Waals surface area contributed by atoms with Crippen molar-refractivity contribution in [1.29, 1.82) is 0 Å². The summed E-state index contributed by atoms with van der Waals surface area (Å²) in [5, 5.41) is 8.58. The molecule has 16 heavy (non-hydrogen) atoms. The Hall–Kier alpha value is -1.55. The summed E-state index contributed by atoms with van der Waals surface area (Å²) in [4.78, 5) is 4.18. The molecule has 0 unspecified atom stereocenters. The van der Waals surface area contributed by atoms with Crippen LogP contribution < -0.4 is 11.2 Å². The minimum Gasteiger partial charge on any atom is -0.368 e. The number of hydrogen-bond donors (Lipinski definition) is 3. The lowest BCUT2D eigenvalue weighted by Crippen LogP contribution is -2.33. The fourth-order valence-electron chi connectivity index (χ4n) is 1.50. The molecule has 0 aliphatic heterocycles. The number of aliphatic imine (C=N–C) groups is 1. The third-order valence-electron chi connectivity index (χ3n) is 2.41. The summed E-state index contributed by atoms with van der Waals surface area (Å²) in [6.07, 6.45) is 1.81. The number of rotatable bonds is 4. The Morgan fingerprint density at radius 3 is 2.56 bits per heavy atom. The molecular formula is C12H19N3O. The molecule has 4 heteroatoms. The van der Waals surface area contributed by atoms with Crippen LogP contribution in [0.1, 0.15) is 25.8 Å². The minimum atomic E-state index is -0.282. The van der Waals surface area contributed by atoms with Crippen molar-refractivity contribution in [2.45, 2.75) is 32.2 Å². The third kappa shape index (κ3) is 4.31. The Balaban J connectivity index is 2.54. The minimum absolute atomic E-state index is 0.0538. The normalized spacial score (nSPS) is 12.6. The van der Waals surface area contributed by atoms with E-state index in [0.29, 0.717) is 0 Å². The van der Waals surface area contributed by atoms with E-state index in [1.54, 1.807) is 0 Å². The highest BCUT2D eigenvalue weighted by Crippen LogP contribution is 2.17. The molecule has 0 aliphatic carbocycles. The first-order chi connectivity index (χ1) is 7.53. The third-order valence-corrected chi connectivity index (χ3v) is 2.41. The predicted molar refractivity (Wildman–Crippen MR) is 65.4 cm³/mol. The Morgan fingerprint density at radius 1 is 1.38 bits per heavy atom. The fraction of sp³-hybridized carbons (Fsp3) is 0.417. The standard InChI is InChI=1S/C12H19N3O/c1-12(2,14-11(13)15-16)9-8-10-6-4-3-5-7-10/h3-7,16H,8-9H2,1-2H3,(H3,13,14,15). The molecule has 4 N–H and O–H groups in total. The van der Waals surface area contributed by atoms with Gasteiger partial charge in [-0.2, -0.15) is 0 Å². The van der Waals surface area contributed by atoms with Gasteiger partial charge < -0.3 is 5.73 Å². The molecule has 0 aromatic heterocycles. The number of benzene rings is 1. The second-order valence-corrected chi connectivity index (χ2v) is 4.41. The second-order valence-electron chi connectivity index (χ2n) is 4.41. The van der Waals surface area contributed by atoms with Gasteiger partial charge in [-0.25, -0.2) is 10.5 Å². The SMILES string of the molecule is CC(C)(CCc1ccccc1)N=C(N)NO. The maximum absolute atomic E-state index is 8.58. The van der Waals surface area contributed by atoms with Gasteiger partial charge in [0.2, 0.25) is 5.96 Å². The van der Waals surface area contributed by atoms with E-state index in [-0.39, 0.29) is 11.5 Å². The summed E-state index contributed by atoms with van der Waals surface area (Å²) in [5.41, 5.74) is 8.26. The van der Waals surface area contributed by atoms with E-state index < -0.39 is 0 Å². The summed E-state index contributed by atoms with van der Waals surface area (Å²) in [6.45, 7) is 3.97. The van der Waals surface area contributed by atoms with Crippen molar-refractivity contribution in [3.05, 3.63) is 35.9 Å². The largest absolute Gasteiger partial charge is 0.368 e. The van der Waals surface area contributed by atoms with E-state index >= 15 is 0 Å². The van der Waals surface area contributed by atoms with E-state index in [0.717, 1.165) is 12.8 Å². The van der Waals surface area contributed by atoms with Gasteiger partial charge in [-0.15, -0.1) is 0 Å². The Kier molecular flexibility index (Phi) is 4.31. The van der Waals surface area contributed by atoms with Gasteiger partial charge in [-0.1, -0.05) is 30.3 Å².